The monoisotopic (exact) mass is 308 g/mol. The molecule has 0 fully saturated rings. The molecular formula is C14H20N4O2S. The maximum Gasteiger partial charge on any atom is 0.230 e. The standard InChI is InChI=1S/C14H20N4O2S/c1-10-12(11(2)20-18-10)8-21-9-14(19)17-5-3-4-13-15-6-7-16-13/h6-7H,3-5,8-9H2,1-2H3,(H,15,16)(H,17,19). The van der Waals surface area contributed by atoms with Gasteiger partial charge in [-0.05, 0) is 20.3 Å². The molecule has 0 aliphatic heterocycles. The highest BCUT2D eigenvalue weighted by Crippen LogP contribution is 2.19. The fourth-order valence-corrected chi connectivity index (χ4v) is 2.93. The average Bonchev–Trinajstić information content (AvgIpc) is 3.08. The summed E-state index contributed by atoms with van der Waals surface area (Å²) < 4.78 is 5.09. The van der Waals surface area contributed by atoms with Crippen molar-refractivity contribution in [2.45, 2.75) is 32.4 Å². The van der Waals surface area contributed by atoms with Crippen LogP contribution in [0.15, 0.2) is 16.9 Å². The van der Waals surface area contributed by atoms with Gasteiger partial charge in [0.25, 0.3) is 0 Å². The highest BCUT2D eigenvalue weighted by molar-refractivity contribution is 7.99. The topological polar surface area (TPSA) is 83.8 Å². The summed E-state index contributed by atoms with van der Waals surface area (Å²) in [6.45, 7) is 4.48. The van der Waals surface area contributed by atoms with E-state index in [0.717, 1.165) is 41.4 Å². The molecule has 0 radical (unpaired) electrons. The van der Waals surface area contributed by atoms with Crippen molar-refractivity contribution in [2.24, 2.45) is 0 Å². The van der Waals surface area contributed by atoms with Crippen LogP contribution in [0.1, 0.15) is 29.3 Å². The second-order valence-corrected chi connectivity index (χ2v) is 5.77. The number of aromatic nitrogens is 3. The van der Waals surface area contributed by atoms with Crippen LogP contribution in [0.4, 0.5) is 0 Å². The Morgan fingerprint density at radius 1 is 1.48 bits per heavy atom. The summed E-state index contributed by atoms with van der Waals surface area (Å²) in [6, 6.07) is 0. The normalized spacial score (nSPS) is 10.8. The largest absolute Gasteiger partial charge is 0.361 e. The van der Waals surface area contributed by atoms with Crippen LogP contribution in [-0.4, -0.2) is 33.3 Å². The molecule has 2 rings (SSSR count). The Labute approximate surface area is 128 Å². The van der Waals surface area contributed by atoms with Gasteiger partial charge in [-0.15, -0.1) is 11.8 Å². The molecule has 1 amide bonds. The van der Waals surface area contributed by atoms with Crippen molar-refractivity contribution >= 4 is 17.7 Å². The molecule has 2 N–H and O–H groups in total. The molecule has 0 bridgehead atoms. The lowest BCUT2D eigenvalue weighted by atomic mass is 10.2. The van der Waals surface area contributed by atoms with E-state index < -0.39 is 0 Å². The predicted molar refractivity (Wildman–Crippen MR) is 82.1 cm³/mol. The SMILES string of the molecule is Cc1noc(C)c1CSCC(=O)NCCCc1ncc[nH]1. The van der Waals surface area contributed by atoms with Gasteiger partial charge < -0.3 is 14.8 Å². The fraction of sp³-hybridized carbons (Fsp3) is 0.500. The number of nitrogens with one attached hydrogen (secondary N) is 2. The van der Waals surface area contributed by atoms with E-state index in [9.17, 15) is 4.79 Å². The Bertz CT molecular complexity index is 546. The molecule has 0 aliphatic rings. The Kier molecular flexibility index (Phi) is 5.86. The summed E-state index contributed by atoms with van der Waals surface area (Å²) in [5, 5.41) is 6.82. The van der Waals surface area contributed by atoms with Gasteiger partial charge in [-0.3, -0.25) is 4.79 Å². The first-order valence-electron chi connectivity index (χ1n) is 6.91. The zero-order chi connectivity index (χ0) is 15.1. The lowest BCUT2D eigenvalue weighted by Crippen LogP contribution is -2.26. The van der Waals surface area contributed by atoms with Crippen LogP contribution >= 0.6 is 11.8 Å². The molecule has 0 saturated heterocycles. The van der Waals surface area contributed by atoms with Gasteiger partial charge in [0.2, 0.25) is 5.91 Å². The van der Waals surface area contributed by atoms with Crippen molar-refractivity contribution in [1.29, 1.82) is 0 Å². The van der Waals surface area contributed by atoms with E-state index in [1.165, 1.54) is 0 Å². The third-order valence-electron chi connectivity index (χ3n) is 3.13. The summed E-state index contributed by atoms with van der Waals surface area (Å²) in [4.78, 5) is 18.9. The molecule has 2 aromatic heterocycles. The number of aromatic amines is 1. The second-order valence-electron chi connectivity index (χ2n) is 4.78. The first kappa shape index (κ1) is 15.6. The molecule has 0 aliphatic carbocycles. The molecule has 7 heteroatoms. The first-order valence-corrected chi connectivity index (χ1v) is 8.06. The van der Waals surface area contributed by atoms with Crippen LogP contribution in [0.25, 0.3) is 0 Å². The number of hydrogen-bond acceptors (Lipinski definition) is 5. The number of rotatable bonds is 8. The zero-order valence-electron chi connectivity index (χ0n) is 12.3. The lowest BCUT2D eigenvalue weighted by Gasteiger charge is -2.04. The average molecular weight is 308 g/mol. The highest BCUT2D eigenvalue weighted by Gasteiger charge is 2.09. The second kappa shape index (κ2) is 7.87. The number of amides is 1. The lowest BCUT2D eigenvalue weighted by molar-refractivity contribution is -0.118. The minimum Gasteiger partial charge on any atom is -0.361 e. The molecule has 2 aromatic rings. The van der Waals surface area contributed by atoms with E-state index in [2.05, 4.69) is 20.4 Å². The Balaban J connectivity index is 1.57. The van der Waals surface area contributed by atoms with Crippen molar-refractivity contribution < 1.29 is 9.32 Å². The summed E-state index contributed by atoms with van der Waals surface area (Å²) in [6.07, 6.45) is 5.27. The summed E-state index contributed by atoms with van der Waals surface area (Å²) in [5.74, 6) is 3.05. The van der Waals surface area contributed by atoms with Crippen LogP contribution in [0.5, 0.6) is 0 Å². The number of H-pyrrole nitrogens is 1. The van der Waals surface area contributed by atoms with E-state index in [0.29, 0.717) is 12.3 Å². The highest BCUT2D eigenvalue weighted by atomic mass is 32.2. The molecule has 0 saturated carbocycles. The number of imidazole rings is 1. The van der Waals surface area contributed by atoms with E-state index in [-0.39, 0.29) is 5.91 Å². The van der Waals surface area contributed by atoms with Crippen LogP contribution in [-0.2, 0) is 17.0 Å². The Morgan fingerprint density at radius 2 is 2.33 bits per heavy atom. The van der Waals surface area contributed by atoms with Gasteiger partial charge >= 0.3 is 0 Å². The maximum absolute atomic E-state index is 11.7. The third-order valence-corrected chi connectivity index (χ3v) is 4.09. The van der Waals surface area contributed by atoms with Gasteiger partial charge in [-0.2, -0.15) is 0 Å². The van der Waals surface area contributed by atoms with E-state index in [1.54, 1.807) is 24.2 Å². The summed E-state index contributed by atoms with van der Waals surface area (Å²) in [7, 11) is 0. The summed E-state index contributed by atoms with van der Waals surface area (Å²) in [5.41, 5.74) is 1.99. The fourth-order valence-electron chi connectivity index (χ4n) is 1.92. The van der Waals surface area contributed by atoms with Gasteiger partial charge in [-0.1, -0.05) is 5.16 Å². The summed E-state index contributed by atoms with van der Waals surface area (Å²) >= 11 is 1.57. The number of carbonyl (C=O) groups excluding carboxylic acids is 1. The van der Waals surface area contributed by atoms with Crippen LogP contribution < -0.4 is 5.32 Å². The Hall–Kier alpha value is -1.76. The smallest absolute Gasteiger partial charge is 0.230 e. The van der Waals surface area contributed by atoms with E-state index in [4.69, 9.17) is 4.52 Å². The van der Waals surface area contributed by atoms with Crippen molar-refractivity contribution in [3.63, 3.8) is 0 Å². The number of carbonyl (C=O) groups is 1. The minimum atomic E-state index is 0.0613. The number of hydrogen-bond donors (Lipinski definition) is 2. The molecule has 0 aromatic carbocycles. The van der Waals surface area contributed by atoms with Crippen LogP contribution in [0.2, 0.25) is 0 Å². The van der Waals surface area contributed by atoms with Gasteiger partial charge in [-0.25, -0.2) is 4.98 Å². The molecule has 0 spiro atoms. The van der Waals surface area contributed by atoms with E-state index >= 15 is 0 Å². The number of thioether (sulfide) groups is 1. The van der Waals surface area contributed by atoms with Crippen LogP contribution in [0.3, 0.4) is 0 Å². The molecule has 114 valence electrons. The maximum atomic E-state index is 11.7. The third kappa shape index (κ3) is 4.93. The molecule has 2 heterocycles. The van der Waals surface area contributed by atoms with Crippen molar-refractivity contribution in [3.8, 4) is 0 Å². The predicted octanol–water partition coefficient (Wildman–Crippen LogP) is 2.00. The minimum absolute atomic E-state index is 0.0613. The number of aryl methyl sites for hydroxylation is 3. The van der Waals surface area contributed by atoms with Gasteiger partial charge in [0.05, 0.1) is 11.4 Å². The van der Waals surface area contributed by atoms with E-state index in [1.807, 2.05) is 13.8 Å². The molecule has 0 unspecified atom stereocenters. The van der Waals surface area contributed by atoms with Gasteiger partial charge in [0, 0.05) is 36.7 Å². The van der Waals surface area contributed by atoms with Gasteiger partial charge in [0.15, 0.2) is 0 Å². The Morgan fingerprint density at radius 3 is 3.00 bits per heavy atom. The molecule has 6 nitrogen and oxygen atoms in total. The molecule has 0 atom stereocenters. The number of nitrogens with zero attached hydrogens (tertiary/aromatic N) is 2. The molecule has 21 heavy (non-hydrogen) atoms. The van der Waals surface area contributed by atoms with Crippen molar-refractivity contribution in [2.75, 3.05) is 12.3 Å². The van der Waals surface area contributed by atoms with Crippen molar-refractivity contribution in [1.82, 2.24) is 20.4 Å². The quantitative estimate of drug-likeness (QED) is 0.729. The zero-order valence-corrected chi connectivity index (χ0v) is 13.1. The van der Waals surface area contributed by atoms with Gasteiger partial charge in [0.1, 0.15) is 11.6 Å². The molecular weight excluding hydrogens is 288 g/mol. The first-order chi connectivity index (χ1) is 10.2. The van der Waals surface area contributed by atoms with Crippen LogP contribution in [0, 0.1) is 13.8 Å². The van der Waals surface area contributed by atoms with Crippen molar-refractivity contribution in [3.05, 3.63) is 35.2 Å².